The molecule has 0 aliphatic rings. The zero-order chi connectivity index (χ0) is 14.9. The Balaban J connectivity index is 3.12. The lowest BCUT2D eigenvalue weighted by Crippen LogP contribution is -2.09. The van der Waals surface area contributed by atoms with Gasteiger partial charge in [-0.05, 0) is 12.8 Å². The number of rotatable bonds is 14. The van der Waals surface area contributed by atoms with Crippen LogP contribution in [-0.2, 0) is 9.47 Å². The summed E-state index contributed by atoms with van der Waals surface area (Å²) in [6.45, 7) is 5.42. The van der Waals surface area contributed by atoms with E-state index < -0.39 is 6.16 Å². The fourth-order valence-electron chi connectivity index (χ4n) is 2.12. The van der Waals surface area contributed by atoms with Gasteiger partial charge in [0.2, 0.25) is 0 Å². The van der Waals surface area contributed by atoms with Gasteiger partial charge in [-0.25, -0.2) is 4.79 Å². The number of carbonyl (C=O) groups excluding carboxylic acids is 1. The van der Waals surface area contributed by atoms with Crippen LogP contribution in [0.25, 0.3) is 0 Å². The fraction of sp³-hybridized carbons (Fsp3) is 0.941. The molecule has 3 nitrogen and oxygen atoms in total. The van der Waals surface area contributed by atoms with Gasteiger partial charge in [-0.1, -0.05) is 78.1 Å². The van der Waals surface area contributed by atoms with Crippen LogP contribution in [0.5, 0.6) is 0 Å². The molecule has 0 aromatic rings. The van der Waals surface area contributed by atoms with E-state index >= 15 is 0 Å². The first-order chi connectivity index (χ1) is 9.81. The molecule has 0 N–H and O–H groups in total. The second kappa shape index (κ2) is 16.3. The van der Waals surface area contributed by atoms with Crippen molar-refractivity contribution in [2.24, 2.45) is 0 Å². The lowest BCUT2D eigenvalue weighted by molar-refractivity contribution is 0.0529. The number of unbranched alkanes of at least 4 members (excludes halogenated alkanes) is 10. The lowest BCUT2D eigenvalue weighted by Gasteiger charge is -2.06. The highest BCUT2D eigenvalue weighted by molar-refractivity contribution is 5.59. The first kappa shape index (κ1) is 19.3. The summed E-state index contributed by atoms with van der Waals surface area (Å²) in [4.78, 5) is 11.3. The van der Waals surface area contributed by atoms with Gasteiger partial charge in [0.25, 0.3) is 0 Å². The molecule has 0 bridgehead atoms. The van der Waals surface area contributed by atoms with Gasteiger partial charge in [0.05, 0.1) is 13.2 Å². The molecule has 120 valence electrons. The molecule has 0 aromatic heterocycles. The Kier molecular flexibility index (Phi) is 15.7. The summed E-state index contributed by atoms with van der Waals surface area (Å²) in [5.41, 5.74) is 0. The quantitative estimate of drug-likeness (QED) is 0.296. The summed E-state index contributed by atoms with van der Waals surface area (Å²) in [5.74, 6) is 0. The SMILES string of the molecule is CCCCCCCCCOC(=O)OCCCCCCC. The molecule has 3 heteroatoms. The normalized spacial score (nSPS) is 10.5. The fourth-order valence-corrected chi connectivity index (χ4v) is 2.12. The molecule has 0 unspecified atom stereocenters. The van der Waals surface area contributed by atoms with Crippen molar-refractivity contribution in [1.29, 1.82) is 0 Å². The maximum absolute atomic E-state index is 11.3. The van der Waals surface area contributed by atoms with Gasteiger partial charge in [-0.3, -0.25) is 0 Å². The average Bonchev–Trinajstić information content (AvgIpc) is 2.45. The smallest absolute Gasteiger partial charge is 0.434 e. The lowest BCUT2D eigenvalue weighted by atomic mass is 10.1. The van der Waals surface area contributed by atoms with Gasteiger partial charge in [-0.2, -0.15) is 0 Å². The zero-order valence-corrected chi connectivity index (χ0v) is 13.6. The standard InChI is InChI=1S/C17H34O3/c1-3-5-7-9-10-12-14-16-20-17(18)19-15-13-11-8-6-4-2/h3-16H2,1-2H3. The predicted octanol–water partition coefficient (Wildman–Crippen LogP) is 5.86. The molecule has 0 rings (SSSR count). The van der Waals surface area contributed by atoms with E-state index in [1.807, 2.05) is 0 Å². The number of ether oxygens (including phenoxy) is 2. The molecule has 0 aromatic carbocycles. The first-order valence-corrected chi connectivity index (χ1v) is 8.60. The molecule has 0 saturated heterocycles. The van der Waals surface area contributed by atoms with Gasteiger partial charge in [0, 0.05) is 0 Å². The van der Waals surface area contributed by atoms with Gasteiger partial charge in [0.15, 0.2) is 0 Å². The molecular weight excluding hydrogens is 252 g/mol. The van der Waals surface area contributed by atoms with E-state index in [4.69, 9.17) is 9.47 Å². The molecule has 0 saturated carbocycles. The molecular formula is C17H34O3. The molecule has 0 radical (unpaired) electrons. The third kappa shape index (κ3) is 15.3. The Morgan fingerprint density at radius 1 is 0.600 bits per heavy atom. The summed E-state index contributed by atoms with van der Waals surface area (Å²) >= 11 is 0. The Morgan fingerprint density at radius 2 is 0.950 bits per heavy atom. The minimum Gasteiger partial charge on any atom is -0.434 e. The van der Waals surface area contributed by atoms with E-state index in [-0.39, 0.29) is 0 Å². The molecule has 0 amide bonds. The van der Waals surface area contributed by atoms with Crippen LogP contribution in [0, 0.1) is 0 Å². The minimum atomic E-state index is -0.494. The van der Waals surface area contributed by atoms with Crippen molar-refractivity contribution in [1.82, 2.24) is 0 Å². The summed E-state index contributed by atoms with van der Waals surface area (Å²) in [6, 6.07) is 0. The van der Waals surface area contributed by atoms with Crippen molar-refractivity contribution < 1.29 is 14.3 Å². The zero-order valence-electron chi connectivity index (χ0n) is 13.6. The Hall–Kier alpha value is -0.730. The van der Waals surface area contributed by atoms with Gasteiger partial charge < -0.3 is 9.47 Å². The van der Waals surface area contributed by atoms with Crippen LogP contribution < -0.4 is 0 Å². The van der Waals surface area contributed by atoms with E-state index in [2.05, 4.69) is 13.8 Å². The van der Waals surface area contributed by atoms with Crippen molar-refractivity contribution >= 4 is 6.16 Å². The maximum Gasteiger partial charge on any atom is 0.508 e. The third-order valence-electron chi connectivity index (χ3n) is 3.44. The third-order valence-corrected chi connectivity index (χ3v) is 3.44. The number of carbonyl (C=O) groups is 1. The summed E-state index contributed by atoms with van der Waals surface area (Å²) in [7, 11) is 0. The highest BCUT2D eigenvalue weighted by Crippen LogP contribution is 2.07. The monoisotopic (exact) mass is 286 g/mol. The second-order valence-electron chi connectivity index (χ2n) is 5.48. The minimum absolute atomic E-state index is 0.494. The van der Waals surface area contributed by atoms with Crippen LogP contribution in [0.1, 0.15) is 90.9 Å². The van der Waals surface area contributed by atoms with Crippen molar-refractivity contribution in [2.75, 3.05) is 13.2 Å². The van der Waals surface area contributed by atoms with E-state index in [1.165, 1.54) is 51.4 Å². The van der Waals surface area contributed by atoms with Gasteiger partial charge in [0.1, 0.15) is 0 Å². The molecule has 0 heterocycles. The molecule has 0 spiro atoms. The number of hydrogen-bond donors (Lipinski definition) is 0. The molecule has 0 aliphatic carbocycles. The van der Waals surface area contributed by atoms with E-state index in [1.54, 1.807) is 0 Å². The van der Waals surface area contributed by atoms with Crippen LogP contribution in [-0.4, -0.2) is 19.4 Å². The van der Waals surface area contributed by atoms with Crippen molar-refractivity contribution in [3.05, 3.63) is 0 Å². The topological polar surface area (TPSA) is 35.5 Å². The van der Waals surface area contributed by atoms with Gasteiger partial charge in [-0.15, -0.1) is 0 Å². The first-order valence-electron chi connectivity index (χ1n) is 8.60. The molecule has 0 fully saturated rings. The van der Waals surface area contributed by atoms with Crippen molar-refractivity contribution in [3.8, 4) is 0 Å². The van der Waals surface area contributed by atoms with E-state index in [0.717, 1.165) is 25.7 Å². The largest absolute Gasteiger partial charge is 0.508 e. The van der Waals surface area contributed by atoms with Crippen molar-refractivity contribution in [2.45, 2.75) is 90.9 Å². The van der Waals surface area contributed by atoms with Crippen LogP contribution >= 0.6 is 0 Å². The Morgan fingerprint density at radius 3 is 1.35 bits per heavy atom. The summed E-state index contributed by atoms with van der Waals surface area (Å²) < 4.78 is 10.1. The van der Waals surface area contributed by atoms with E-state index in [0.29, 0.717) is 13.2 Å². The van der Waals surface area contributed by atoms with Crippen LogP contribution in [0.3, 0.4) is 0 Å². The summed E-state index contributed by atoms with van der Waals surface area (Å²) in [6.07, 6.45) is 13.9. The van der Waals surface area contributed by atoms with Gasteiger partial charge >= 0.3 is 6.16 Å². The van der Waals surface area contributed by atoms with Crippen molar-refractivity contribution in [3.63, 3.8) is 0 Å². The number of hydrogen-bond acceptors (Lipinski definition) is 3. The molecule has 0 aliphatic heterocycles. The molecule has 20 heavy (non-hydrogen) atoms. The van der Waals surface area contributed by atoms with Crippen LogP contribution in [0.15, 0.2) is 0 Å². The Bertz CT molecular complexity index is 204. The van der Waals surface area contributed by atoms with Crippen LogP contribution in [0.4, 0.5) is 4.79 Å². The highest BCUT2D eigenvalue weighted by atomic mass is 16.7. The maximum atomic E-state index is 11.3. The summed E-state index contributed by atoms with van der Waals surface area (Å²) in [5, 5.41) is 0. The molecule has 0 atom stereocenters. The predicted molar refractivity (Wildman–Crippen MR) is 84.1 cm³/mol. The van der Waals surface area contributed by atoms with E-state index in [9.17, 15) is 4.79 Å². The Labute approximate surface area is 125 Å². The van der Waals surface area contributed by atoms with Crippen LogP contribution in [0.2, 0.25) is 0 Å². The highest BCUT2D eigenvalue weighted by Gasteiger charge is 2.02. The average molecular weight is 286 g/mol. The second-order valence-corrected chi connectivity index (χ2v) is 5.48.